The second-order valence-corrected chi connectivity index (χ2v) is 12.6. The van der Waals surface area contributed by atoms with Crippen LogP contribution in [0, 0.1) is 5.82 Å². The maximum Gasteiger partial charge on any atom is 0.243 e. The van der Waals surface area contributed by atoms with Gasteiger partial charge in [0, 0.05) is 45.8 Å². The molecule has 10 nitrogen and oxygen atoms in total. The Kier molecular flexibility index (Phi) is 9.03. The van der Waals surface area contributed by atoms with E-state index in [1.807, 2.05) is 4.90 Å². The number of piperazine rings is 1. The zero-order valence-corrected chi connectivity index (χ0v) is 22.4. The molecule has 2 aromatic rings. The summed E-state index contributed by atoms with van der Waals surface area (Å²) >= 11 is 0. The molecule has 0 aromatic heterocycles. The van der Waals surface area contributed by atoms with Crippen molar-refractivity contribution in [1.82, 2.24) is 13.9 Å². The zero-order chi connectivity index (χ0) is 26.5. The minimum Gasteiger partial charge on any atom is -0.495 e. The second kappa shape index (κ2) is 12.0. The van der Waals surface area contributed by atoms with Crippen molar-refractivity contribution in [1.29, 1.82) is 0 Å². The van der Waals surface area contributed by atoms with Crippen molar-refractivity contribution in [3.05, 3.63) is 48.3 Å². The molecule has 2 saturated heterocycles. The number of hydrogen-bond acceptors (Lipinski definition) is 8. The monoisotopic (exact) mass is 556 g/mol. The SMILES string of the molecule is COc1ccc(S(=O)(=O)NCCCN2CCOCC2)cc1N1CCN(S(=O)(=O)c2ccc(F)cc2)CC1. The fraction of sp³-hybridized carbons (Fsp3) is 0.500. The Morgan fingerprint density at radius 2 is 1.57 bits per heavy atom. The smallest absolute Gasteiger partial charge is 0.243 e. The quantitative estimate of drug-likeness (QED) is 0.437. The number of methoxy groups -OCH3 is 1. The molecule has 13 heteroatoms. The van der Waals surface area contributed by atoms with Gasteiger partial charge in [-0.25, -0.2) is 25.9 Å². The van der Waals surface area contributed by atoms with Crippen LogP contribution in [-0.2, 0) is 24.8 Å². The highest BCUT2D eigenvalue weighted by atomic mass is 32.2. The van der Waals surface area contributed by atoms with Gasteiger partial charge in [-0.1, -0.05) is 0 Å². The summed E-state index contributed by atoms with van der Waals surface area (Å²) in [5.74, 6) is -0.00148. The molecule has 0 aliphatic carbocycles. The first-order valence-electron chi connectivity index (χ1n) is 12.2. The van der Waals surface area contributed by atoms with Gasteiger partial charge in [-0.2, -0.15) is 4.31 Å². The first kappa shape index (κ1) is 27.7. The van der Waals surface area contributed by atoms with E-state index in [0.29, 0.717) is 50.7 Å². The van der Waals surface area contributed by atoms with Gasteiger partial charge in [-0.3, -0.25) is 4.90 Å². The van der Waals surface area contributed by atoms with Crippen LogP contribution < -0.4 is 14.4 Å². The molecule has 2 fully saturated rings. The number of benzene rings is 2. The highest BCUT2D eigenvalue weighted by Crippen LogP contribution is 2.32. The van der Waals surface area contributed by atoms with Crippen LogP contribution in [0.4, 0.5) is 10.1 Å². The van der Waals surface area contributed by atoms with Gasteiger partial charge in [0.2, 0.25) is 20.0 Å². The molecule has 0 amide bonds. The van der Waals surface area contributed by atoms with Crippen LogP contribution in [0.1, 0.15) is 6.42 Å². The number of morpholine rings is 1. The number of anilines is 1. The lowest BCUT2D eigenvalue weighted by atomic mass is 10.2. The molecule has 1 N–H and O–H groups in total. The Hall–Kier alpha value is -2.29. The van der Waals surface area contributed by atoms with Crippen LogP contribution in [-0.4, -0.2) is 98.7 Å². The molecule has 4 rings (SSSR count). The van der Waals surface area contributed by atoms with Crippen molar-refractivity contribution in [3.8, 4) is 5.75 Å². The van der Waals surface area contributed by atoms with Crippen molar-refractivity contribution in [3.63, 3.8) is 0 Å². The number of nitrogens with zero attached hydrogens (tertiary/aromatic N) is 3. The summed E-state index contributed by atoms with van der Waals surface area (Å²) in [6.45, 7) is 5.30. The minimum atomic E-state index is -3.76. The zero-order valence-electron chi connectivity index (χ0n) is 20.8. The van der Waals surface area contributed by atoms with E-state index in [1.54, 1.807) is 12.1 Å². The highest BCUT2D eigenvalue weighted by molar-refractivity contribution is 7.89. The van der Waals surface area contributed by atoms with Crippen molar-refractivity contribution < 1.29 is 30.7 Å². The molecular formula is C24H33FN4O6S2. The minimum absolute atomic E-state index is 0.0349. The van der Waals surface area contributed by atoms with Gasteiger partial charge >= 0.3 is 0 Å². The maximum atomic E-state index is 13.2. The number of nitrogens with one attached hydrogen (secondary N) is 1. The summed E-state index contributed by atoms with van der Waals surface area (Å²) in [6.07, 6.45) is 0.687. The van der Waals surface area contributed by atoms with Gasteiger partial charge in [0.15, 0.2) is 0 Å². The lowest BCUT2D eigenvalue weighted by molar-refractivity contribution is 0.0376. The van der Waals surface area contributed by atoms with Crippen molar-refractivity contribution in [2.45, 2.75) is 16.2 Å². The van der Waals surface area contributed by atoms with Gasteiger partial charge in [-0.05, 0) is 55.4 Å². The van der Waals surface area contributed by atoms with E-state index in [-0.39, 0.29) is 22.9 Å². The lowest BCUT2D eigenvalue weighted by Crippen LogP contribution is -2.48. The second-order valence-electron chi connectivity index (χ2n) is 8.88. The summed E-state index contributed by atoms with van der Waals surface area (Å²) in [7, 11) is -5.99. The molecule has 0 unspecified atom stereocenters. The molecule has 2 aromatic carbocycles. The van der Waals surface area contributed by atoms with Gasteiger partial charge < -0.3 is 14.4 Å². The largest absolute Gasteiger partial charge is 0.495 e. The summed E-state index contributed by atoms with van der Waals surface area (Å²) in [6, 6.07) is 9.42. The number of halogens is 1. The number of ether oxygens (including phenoxy) is 2. The molecule has 2 aliphatic rings. The van der Waals surface area contributed by atoms with Crippen LogP contribution in [0.2, 0.25) is 0 Å². The van der Waals surface area contributed by atoms with Crippen LogP contribution in [0.3, 0.4) is 0 Å². The molecule has 0 bridgehead atoms. The van der Waals surface area contributed by atoms with Gasteiger partial charge in [-0.15, -0.1) is 0 Å². The van der Waals surface area contributed by atoms with Crippen LogP contribution in [0.15, 0.2) is 52.3 Å². The third kappa shape index (κ3) is 6.78. The van der Waals surface area contributed by atoms with E-state index in [4.69, 9.17) is 9.47 Å². The Labute approximate surface area is 218 Å². The predicted molar refractivity (Wildman–Crippen MR) is 137 cm³/mol. The van der Waals surface area contributed by atoms with E-state index in [0.717, 1.165) is 31.8 Å². The Morgan fingerprint density at radius 3 is 2.22 bits per heavy atom. The average Bonchev–Trinajstić information content (AvgIpc) is 2.91. The summed E-state index contributed by atoms with van der Waals surface area (Å²) < 4.78 is 79.9. The summed E-state index contributed by atoms with van der Waals surface area (Å²) in [4.78, 5) is 4.32. The van der Waals surface area contributed by atoms with Crippen LogP contribution >= 0.6 is 0 Å². The lowest BCUT2D eigenvalue weighted by Gasteiger charge is -2.36. The maximum absolute atomic E-state index is 13.2. The number of rotatable bonds is 10. The van der Waals surface area contributed by atoms with E-state index < -0.39 is 25.9 Å². The topological polar surface area (TPSA) is 108 Å². The van der Waals surface area contributed by atoms with E-state index in [1.165, 1.54) is 29.6 Å². The molecule has 0 saturated carbocycles. The van der Waals surface area contributed by atoms with Crippen molar-refractivity contribution in [2.75, 3.05) is 77.6 Å². The third-order valence-electron chi connectivity index (χ3n) is 6.54. The fourth-order valence-corrected chi connectivity index (χ4v) is 6.94. The standard InChI is InChI=1S/C24H33FN4O6S2/c1-34-24-8-7-22(36(30,31)26-9-2-10-27-15-17-35-18-16-27)19-23(24)28-11-13-29(14-12-28)37(32,33)21-5-3-20(25)4-6-21/h3-8,19,26H,2,9-18H2,1H3. The summed E-state index contributed by atoms with van der Waals surface area (Å²) in [5.41, 5.74) is 0.581. The Bertz CT molecular complexity index is 1260. The first-order valence-corrected chi connectivity index (χ1v) is 15.1. The molecule has 0 radical (unpaired) electrons. The predicted octanol–water partition coefficient (Wildman–Crippen LogP) is 1.35. The van der Waals surface area contributed by atoms with Crippen LogP contribution in [0.25, 0.3) is 0 Å². The fourth-order valence-electron chi connectivity index (χ4n) is 4.43. The van der Waals surface area contributed by atoms with E-state index in [9.17, 15) is 21.2 Å². The molecule has 2 aliphatic heterocycles. The van der Waals surface area contributed by atoms with Gasteiger partial charge in [0.1, 0.15) is 11.6 Å². The van der Waals surface area contributed by atoms with Gasteiger partial charge in [0.25, 0.3) is 0 Å². The Morgan fingerprint density at radius 1 is 0.919 bits per heavy atom. The first-order chi connectivity index (χ1) is 17.7. The third-order valence-corrected chi connectivity index (χ3v) is 9.91. The highest BCUT2D eigenvalue weighted by Gasteiger charge is 2.30. The Balaban J connectivity index is 1.40. The molecule has 0 spiro atoms. The molecule has 37 heavy (non-hydrogen) atoms. The summed E-state index contributed by atoms with van der Waals surface area (Å²) in [5, 5.41) is 0. The normalized spacial score (nSPS) is 18.2. The number of hydrogen-bond donors (Lipinski definition) is 1. The number of sulfonamides is 2. The average molecular weight is 557 g/mol. The molecule has 204 valence electrons. The van der Waals surface area contributed by atoms with Gasteiger partial charge in [0.05, 0.1) is 35.8 Å². The molecular weight excluding hydrogens is 523 g/mol. The van der Waals surface area contributed by atoms with E-state index in [2.05, 4.69) is 9.62 Å². The van der Waals surface area contributed by atoms with E-state index >= 15 is 0 Å². The van der Waals surface area contributed by atoms with Crippen molar-refractivity contribution in [2.24, 2.45) is 0 Å². The molecule has 2 heterocycles. The van der Waals surface area contributed by atoms with Crippen LogP contribution in [0.5, 0.6) is 5.75 Å². The molecule has 0 atom stereocenters. The van der Waals surface area contributed by atoms with Crippen molar-refractivity contribution >= 4 is 25.7 Å².